The molecule has 31 heavy (non-hydrogen) atoms. The molecule has 0 atom stereocenters. The van der Waals surface area contributed by atoms with Gasteiger partial charge in [0.25, 0.3) is 0 Å². The van der Waals surface area contributed by atoms with Gasteiger partial charge in [0.1, 0.15) is 11.4 Å². The fraction of sp³-hybridized carbons (Fsp3) is 0.458. The van der Waals surface area contributed by atoms with Crippen LogP contribution in [0.4, 0.5) is 4.79 Å². The second kappa shape index (κ2) is 8.21. The molecule has 1 aliphatic heterocycles. The number of hydrogen-bond acceptors (Lipinski definition) is 5. The van der Waals surface area contributed by atoms with Crippen LogP contribution in [0.1, 0.15) is 54.0 Å². The molecule has 2 N–H and O–H groups in total. The number of carbonyl (C=O) groups excluding carboxylic acids is 1. The van der Waals surface area contributed by atoms with E-state index in [-0.39, 0.29) is 12.3 Å². The van der Waals surface area contributed by atoms with Gasteiger partial charge in [-0.15, -0.1) is 0 Å². The lowest BCUT2D eigenvalue weighted by Crippen LogP contribution is -2.41. The molecule has 1 saturated heterocycles. The van der Waals surface area contributed by atoms with Crippen molar-refractivity contribution >= 4 is 30.1 Å². The Hall–Kier alpha value is -2.51. The van der Waals surface area contributed by atoms with Gasteiger partial charge >= 0.3 is 13.2 Å². The van der Waals surface area contributed by atoms with Gasteiger partial charge in [-0.25, -0.2) is 4.79 Å². The maximum atomic E-state index is 12.3. The number of benzene rings is 2. The highest BCUT2D eigenvalue weighted by molar-refractivity contribution is 6.56. The summed E-state index contributed by atoms with van der Waals surface area (Å²) in [6, 6.07) is 11.1. The first-order valence-corrected chi connectivity index (χ1v) is 10.5. The molecule has 2 aromatic carbocycles. The monoisotopic (exact) mass is 425 g/mol. The lowest BCUT2D eigenvalue weighted by atomic mass is 9.76. The number of carbonyl (C=O) groups is 1. The Kier molecular flexibility index (Phi) is 6.13. The summed E-state index contributed by atoms with van der Waals surface area (Å²) in [5.74, 6) is 0.219. The minimum absolute atomic E-state index is 0.195. The SMILES string of the molecule is CC(C)(C)OC(=O)NCC(=Cc1ccc(O)c2ccccc12)B1OC(C)(C)C(C)(C)O1. The fourth-order valence-corrected chi connectivity index (χ4v) is 3.32. The van der Waals surface area contributed by atoms with E-state index in [0.717, 1.165) is 21.8 Å². The van der Waals surface area contributed by atoms with Gasteiger partial charge in [0.2, 0.25) is 0 Å². The molecule has 0 aliphatic carbocycles. The first-order valence-electron chi connectivity index (χ1n) is 10.5. The molecule has 7 heteroatoms. The Balaban J connectivity index is 1.97. The number of aromatic hydroxyl groups is 1. The predicted octanol–water partition coefficient (Wildman–Crippen LogP) is 5.08. The highest BCUT2D eigenvalue weighted by Crippen LogP contribution is 2.39. The normalized spacial score (nSPS) is 18.3. The first kappa shape index (κ1) is 23.2. The van der Waals surface area contributed by atoms with Crippen LogP contribution in [-0.2, 0) is 14.0 Å². The van der Waals surface area contributed by atoms with E-state index in [2.05, 4.69) is 5.32 Å². The second-order valence-corrected chi connectivity index (χ2v) is 9.88. The molecule has 1 fully saturated rings. The van der Waals surface area contributed by atoms with Crippen molar-refractivity contribution in [1.82, 2.24) is 5.32 Å². The molecule has 3 rings (SSSR count). The van der Waals surface area contributed by atoms with E-state index in [1.165, 1.54) is 0 Å². The third kappa shape index (κ3) is 5.22. The van der Waals surface area contributed by atoms with Gasteiger partial charge in [-0.2, -0.15) is 0 Å². The number of rotatable bonds is 4. The van der Waals surface area contributed by atoms with Crippen LogP contribution < -0.4 is 5.32 Å². The molecule has 0 unspecified atom stereocenters. The highest BCUT2D eigenvalue weighted by atomic mass is 16.7. The van der Waals surface area contributed by atoms with Crippen LogP contribution in [0, 0.1) is 0 Å². The summed E-state index contributed by atoms with van der Waals surface area (Å²) >= 11 is 0. The molecular weight excluding hydrogens is 393 g/mol. The van der Waals surface area contributed by atoms with E-state index in [9.17, 15) is 9.90 Å². The Morgan fingerprint density at radius 2 is 1.65 bits per heavy atom. The van der Waals surface area contributed by atoms with Crippen molar-refractivity contribution in [1.29, 1.82) is 0 Å². The van der Waals surface area contributed by atoms with Gasteiger partial charge in [0, 0.05) is 11.9 Å². The lowest BCUT2D eigenvalue weighted by molar-refractivity contribution is 0.00578. The van der Waals surface area contributed by atoms with E-state index < -0.39 is 30.0 Å². The Morgan fingerprint density at radius 3 is 2.23 bits per heavy atom. The van der Waals surface area contributed by atoms with Gasteiger partial charge < -0.3 is 24.5 Å². The number of phenolic OH excluding ortho intramolecular Hbond substituents is 1. The summed E-state index contributed by atoms with van der Waals surface area (Å²) < 4.78 is 17.8. The highest BCUT2D eigenvalue weighted by Gasteiger charge is 2.52. The Bertz CT molecular complexity index is 991. The number of fused-ring (bicyclic) bond motifs is 1. The van der Waals surface area contributed by atoms with Crippen molar-refractivity contribution in [3.8, 4) is 5.75 Å². The molecule has 166 valence electrons. The fourth-order valence-electron chi connectivity index (χ4n) is 3.32. The maximum absolute atomic E-state index is 12.3. The summed E-state index contributed by atoms with van der Waals surface area (Å²) in [6.07, 6.45) is 1.44. The van der Waals surface area contributed by atoms with Crippen molar-refractivity contribution in [2.45, 2.75) is 65.3 Å². The van der Waals surface area contributed by atoms with Crippen molar-refractivity contribution in [3.63, 3.8) is 0 Å². The summed E-state index contributed by atoms with van der Waals surface area (Å²) in [7, 11) is -0.632. The van der Waals surface area contributed by atoms with Crippen molar-refractivity contribution < 1.29 is 23.9 Å². The molecule has 0 aromatic heterocycles. The van der Waals surface area contributed by atoms with Gasteiger partial charge in [0.15, 0.2) is 0 Å². The van der Waals surface area contributed by atoms with E-state index in [1.807, 2.05) is 84.9 Å². The predicted molar refractivity (Wildman–Crippen MR) is 124 cm³/mol. The molecule has 0 bridgehead atoms. The number of ether oxygens (including phenoxy) is 1. The average Bonchev–Trinajstić information content (AvgIpc) is 2.86. The van der Waals surface area contributed by atoms with E-state index >= 15 is 0 Å². The summed E-state index contributed by atoms with van der Waals surface area (Å²) in [5.41, 5.74) is 0.0228. The van der Waals surface area contributed by atoms with Crippen LogP contribution in [0.2, 0.25) is 0 Å². The van der Waals surface area contributed by atoms with E-state index in [0.29, 0.717) is 0 Å². The number of alkyl carbamates (subject to hydrolysis) is 1. The molecule has 1 heterocycles. The van der Waals surface area contributed by atoms with Crippen LogP contribution in [0.25, 0.3) is 16.8 Å². The summed E-state index contributed by atoms with van der Waals surface area (Å²) in [4.78, 5) is 12.3. The van der Waals surface area contributed by atoms with Crippen molar-refractivity contribution in [2.24, 2.45) is 0 Å². The van der Waals surface area contributed by atoms with Crippen LogP contribution in [0.5, 0.6) is 5.75 Å². The zero-order chi connectivity index (χ0) is 23.0. The van der Waals surface area contributed by atoms with Crippen LogP contribution in [0.15, 0.2) is 41.9 Å². The lowest BCUT2D eigenvalue weighted by Gasteiger charge is -2.32. The maximum Gasteiger partial charge on any atom is 0.492 e. The van der Waals surface area contributed by atoms with Gasteiger partial charge in [-0.1, -0.05) is 36.4 Å². The zero-order valence-corrected chi connectivity index (χ0v) is 19.4. The zero-order valence-electron chi connectivity index (χ0n) is 19.4. The first-order chi connectivity index (χ1) is 14.3. The average molecular weight is 425 g/mol. The number of phenols is 1. The summed E-state index contributed by atoms with van der Waals surface area (Å²) in [6.45, 7) is 13.6. The molecule has 0 spiro atoms. The third-order valence-corrected chi connectivity index (χ3v) is 5.67. The van der Waals surface area contributed by atoms with Crippen molar-refractivity contribution in [2.75, 3.05) is 6.54 Å². The number of hydrogen-bond donors (Lipinski definition) is 2. The molecule has 6 nitrogen and oxygen atoms in total. The van der Waals surface area contributed by atoms with Crippen LogP contribution >= 0.6 is 0 Å². The second-order valence-electron chi connectivity index (χ2n) is 9.88. The van der Waals surface area contributed by atoms with Gasteiger partial charge in [0.05, 0.1) is 11.2 Å². The van der Waals surface area contributed by atoms with Crippen LogP contribution in [-0.4, -0.2) is 41.7 Å². The quantitative estimate of drug-likeness (QED) is 0.668. The van der Waals surface area contributed by atoms with Crippen molar-refractivity contribution in [3.05, 3.63) is 47.4 Å². The van der Waals surface area contributed by atoms with Gasteiger partial charge in [-0.3, -0.25) is 0 Å². The standard InChI is InChI=1S/C24H32BNO5/c1-22(2,3)29-21(28)26-15-17(25-30-23(4,5)24(6,7)31-25)14-16-12-13-20(27)19-11-9-8-10-18(16)19/h8-14,27H,15H2,1-7H3,(H,26,28). The van der Waals surface area contributed by atoms with Crippen LogP contribution in [0.3, 0.4) is 0 Å². The molecule has 1 amide bonds. The molecule has 0 saturated carbocycles. The number of amides is 1. The summed E-state index contributed by atoms with van der Waals surface area (Å²) in [5, 5.41) is 14.7. The van der Waals surface area contributed by atoms with E-state index in [1.54, 1.807) is 6.07 Å². The van der Waals surface area contributed by atoms with E-state index in [4.69, 9.17) is 14.0 Å². The Labute approximate surface area is 184 Å². The molecular formula is C24H32BNO5. The largest absolute Gasteiger partial charge is 0.507 e. The van der Waals surface area contributed by atoms with Gasteiger partial charge in [-0.05, 0) is 71.0 Å². The molecule has 1 aliphatic rings. The minimum Gasteiger partial charge on any atom is -0.507 e. The number of nitrogens with one attached hydrogen (secondary N) is 1. The third-order valence-electron chi connectivity index (χ3n) is 5.67. The minimum atomic E-state index is -0.632. The molecule has 0 radical (unpaired) electrons. The smallest absolute Gasteiger partial charge is 0.492 e. The molecule has 2 aromatic rings. The Morgan fingerprint density at radius 1 is 1.06 bits per heavy atom. The topological polar surface area (TPSA) is 77.0 Å².